The first-order valence-electron chi connectivity index (χ1n) is 7.56. The Hall–Kier alpha value is -2.51. The van der Waals surface area contributed by atoms with Crippen molar-refractivity contribution in [3.8, 4) is 11.3 Å². The Morgan fingerprint density at radius 3 is 2.54 bits per heavy atom. The molecule has 1 amide bonds. The normalized spacial score (nSPS) is 16.4. The third-order valence-electron chi connectivity index (χ3n) is 4.29. The molecule has 1 aliphatic heterocycles. The SMILES string of the molecule is O=CN1CCC(n2cc(-c3cccc(C(F)(F)F)c3)[nH]c2=O)CC1. The third-order valence-corrected chi connectivity index (χ3v) is 4.29. The fourth-order valence-electron chi connectivity index (χ4n) is 2.96. The van der Waals surface area contributed by atoms with E-state index >= 15 is 0 Å². The Morgan fingerprint density at radius 2 is 1.92 bits per heavy atom. The summed E-state index contributed by atoms with van der Waals surface area (Å²) in [7, 11) is 0. The Labute approximate surface area is 135 Å². The van der Waals surface area contributed by atoms with Gasteiger partial charge < -0.3 is 9.88 Å². The molecule has 128 valence electrons. The van der Waals surface area contributed by atoms with Crippen molar-refractivity contribution in [2.75, 3.05) is 13.1 Å². The van der Waals surface area contributed by atoms with Crippen molar-refractivity contribution < 1.29 is 18.0 Å². The van der Waals surface area contributed by atoms with Crippen LogP contribution in [0.5, 0.6) is 0 Å². The number of rotatable bonds is 3. The van der Waals surface area contributed by atoms with Crippen molar-refractivity contribution in [3.63, 3.8) is 0 Å². The van der Waals surface area contributed by atoms with E-state index in [2.05, 4.69) is 4.98 Å². The van der Waals surface area contributed by atoms with Crippen molar-refractivity contribution in [1.29, 1.82) is 0 Å². The van der Waals surface area contributed by atoms with E-state index in [9.17, 15) is 22.8 Å². The van der Waals surface area contributed by atoms with Gasteiger partial charge in [-0.1, -0.05) is 12.1 Å². The van der Waals surface area contributed by atoms with E-state index in [0.29, 0.717) is 37.2 Å². The second-order valence-corrected chi connectivity index (χ2v) is 5.83. The standard InChI is InChI=1S/C16H16F3N3O2/c17-16(18,19)12-3-1-2-11(8-12)14-9-22(15(24)20-14)13-4-6-21(10-23)7-5-13/h1-3,8-10,13H,4-7H2,(H,20,24). The highest BCUT2D eigenvalue weighted by Crippen LogP contribution is 2.32. The van der Waals surface area contributed by atoms with Gasteiger partial charge in [-0.25, -0.2) is 4.79 Å². The van der Waals surface area contributed by atoms with Gasteiger partial charge >= 0.3 is 11.9 Å². The van der Waals surface area contributed by atoms with Gasteiger partial charge in [0.25, 0.3) is 0 Å². The molecule has 0 unspecified atom stereocenters. The van der Waals surface area contributed by atoms with Crippen LogP contribution in [0.1, 0.15) is 24.4 Å². The molecule has 1 aliphatic rings. The van der Waals surface area contributed by atoms with Gasteiger partial charge in [0, 0.05) is 30.9 Å². The van der Waals surface area contributed by atoms with E-state index in [-0.39, 0.29) is 11.7 Å². The van der Waals surface area contributed by atoms with Crippen LogP contribution in [0.15, 0.2) is 35.3 Å². The minimum Gasteiger partial charge on any atom is -0.345 e. The molecule has 0 atom stereocenters. The number of nitrogens with one attached hydrogen (secondary N) is 1. The van der Waals surface area contributed by atoms with E-state index in [1.807, 2.05) is 0 Å². The number of halogens is 3. The van der Waals surface area contributed by atoms with Gasteiger partial charge in [0.2, 0.25) is 6.41 Å². The molecule has 1 aromatic heterocycles. The molecule has 1 N–H and O–H groups in total. The number of H-pyrrole nitrogens is 1. The number of imidazole rings is 1. The van der Waals surface area contributed by atoms with Crippen LogP contribution in [0.25, 0.3) is 11.3 Å². The highest BCUT2D eigenvalue weighted by Gasteiger charge is 2.30. The van der Waals surface area contributed by atoms with Gasteiger partial charge in [-0.3, -0.25) is 9.36 Å². The zero-order valence-electron chi connectivity index (χ0n) is 12.7. The molecule has 0 bridgehead atoms. The summed E-state index contributed by atoms with van der Waals surface area (Å²) in [5.41, 5.74) is -0.449. The second-order valence-electron chi connectivity index (χ2n) is 5.83. The molecule has 0 aliphatic carbocycles. The van der Waals surface area contributed by atoms with E-state index in [0.717, 1.165) is 18.5 Å². The molecule has 24 heavy (non-hydrogen) atoms. The molecule has 1 aromatic carbocycles. The number of carbonyl (C=O) groups excluding carboxylic acids is 1. The molecular weight excluding hydrogens is 323 g/mol. The summed E-state index contributed by atoms with van der Waals surface area (Å²) in [6, 6.07) is 4.79. The van der Waals surface area contributed by atoms with E-state index in [1.54, 1.807) is 11.1 Å². The first-order valence-corrected chi connectivity index (χ1v) is 7.56. The number of piperidine rings is 1. The highest BCUT2D eigenvalue weighted by atomic mass is 19.4. The van der Waals surface area contributed by atoms with Gasteiger partial charge in [0.05, 0.1) is 11.3 Å². The first kappa shape index (κ1) is 16.4. The maximum absolute atomic E-state index is 12.8. The Balaban J connectivity index is 1.87. The van der Waals surface area contributed by atoms with Gasteiger partial charge in [0.15, 0.2) is 0 Å². The van der Waals surface area contributed by atoms with Crippen LogP contribution >= 0.6 is 0 Å². The number of likely N-dealkylation sites (tertiary alicyclic amines) is 1. The average molecular weight is 339 g/mol. The van der Waals surface area contributed by atoms with Crippen molar-refractivity contribution >= 4 is 6.41 Å². The summed E-state index contributed by atoms with van der Waals surface area (Å²) in [5, 5.41) is 0. The monoisotopic (exact) mass is 339 g/mol. The summed E-state index contributed by atoms with van der Waals surface area (Å²) in [4.78, 5) is 27.1. The lowest BCUT2D eigenvalue weighted by Gasteiger charge is -2.29. The largest absolute Gasteiger partial charge is 0.416 e. The Bertz CT molecular complexity index is 786. The summed E-state index contributed by atoms with van der Waals surface area (Å²) in [6.07, 6.45) is -0.819. The minimum absolute atomic E-state index is 0.0653. The van der Waals surface area contributed by atoms with Crippen LogP contribution in [-0.4, -0.2) is 34.0 Å². The molecule has 0 spiro atoms. The molecule has 5 nitrogen and oxygen atoms in total. The fourth-order valence-corrected chi connectivity index (χ4v) is 2.96. The van der Waals surface area contributed by atoms with Gasteiger partial charge in [-0.15, -0.1) is 0 Å². The maximum Gasteiger partial charge on any atom is 0.416 e. The number of hydrogen-bond acceptors (Lipinski definition) is 2. The predicted molar refractivity (Wildman–Crippen MR) is 81.4 cm³/mol. The smallest absolute Gasteiger partial charge is 0.345 e. The summed E-state index contributed by atoms with van der Waals surface area (Å²) >= 11 is 0. The van der Waals surface area contributed by atoms with Crippen molar-refractivity contribution in [2.24, 2.45) is 0 Å². The molecule has 2 aromatic rings. The van der Waals surface area contributed by atoms with Crippen molar-refractivity contribution in [2.45, 2.75) is 25.1 Å². The van der Waals surface area contributed by atoms with E-state index < -0.39 is 11.7 Å². The summed E-state index contributed by atoms with van der Waals surface area (Å²) in [5.74, 6) is 0. The zero-order valence-corrected chi connectivity index (χ0v) is 12.7. The average Bonchev–Trinajstić information content (AvgIpc) is 2.96. The summed E-state index contributed by atoms with van der Waals surface area (Å²) < 4.78 is 40.0. The number of hydrogen-bond donors (Lipinski definition) is 1. The van der Waals surface area contributed by atoms with Crippen LogP contribution < -0.4 is 5.69 Å². The highest BCUT2D eigenvalue weighted by molar-refractivity contribution is 5.59. The van der Waals surface area contributed by atoms with E-state index in [4.69, 9.17) is 0 Å². The number of aromatic amines is 1. The minimum atomic E-state index is -4.43. The molecule has 2 heterocycles. The lowest BCUT2D eigenvalue weighted by atomic mass is 10.1. The third kappa shape index (κ3) is 3.22. The van der Waals surface area contributed by atoms with Crippen molar-refractivity contribution in [1.82, 2.24) is 14.5 Å². The molecule has 0 saturated carbocycles. The summed E-state index contributed by atoms with van der Waals surface area (Å²) in [6.45, 7) is 1.12. The van der Waals surface area contributed by atoms with Gasteiger partial charge in [0.1, 0.15) is 0 Å². The molecule has 0 radical (unpaired) electrons. The molecular formula is C16H16F3N3O2. The van der Waals surface area contributed by atoms with Crippen LogP contribution in [0, 0.1) is 0 Å². The molecule has 1 fully saturated rings. The topological polar surface area (TPSA) is 58.1 Å². The Kier molecular flexibility index (Phi) is 4.21. The number of nitrogens with zero attached hydrogens (tertiary/aromatic N) is 2. The second kappa shape index (κ2) is 6.18. The van der Waals surface area contributed by atoms with E-state index in [1.165, 1.54) is 16.7 Å². The lowest BCUT2D eigenvalue weighted by molar-refractivity contribution is -0.137. The first-order chi connectivity index (χ1) is 11.4. The fraction of sp³-hybridized carbons (Fsp3) is 0.375. The Morgan fingerprint density at radius 1 is 1.21 bits per heavy atom. The number of carbonyl (C=O) groups is 1. The predicted octanol–water partition coefficient (Wildman–Crippen LogP) is 2.66. The quantitative estimate of drug-likeness (QED) is 0.874. The number of amides is 1. The maximum atomic E-state index is 12.8. The molecule has 3 rings (SSSR count). The number of benzene rings is 1. The number of aromatic nitrogens is 2. The molecule has 1 saturated heterocycles. The van der Waals surface area contributed by atoms with Gasteiger partial charge in [-0.05, 0) is 25.0 Å². The molecule has 8 heteroatoms. The zero-order chi connectivity index (χ0) is 17.3. The van der Waals surface area contributed by atoms with Crippen LogP contribution in [-0.2, 0) is 11.0 Å². The number of alkyl halides is 3. The van der Waals surface area contributed by atoms with Crippen LogP contribution in [0.4, 0.5) is 13.2 Å². The van der Waals surface area contributed by atoms with Crippen LogP contribution in [0.2, 0.25) is 0 Å². The lowest BCUT2D eigenvalue weighted by Crippen LogP contribution is -2.35. The van der Waals surface area contributed by atoms with Gasteiger partial charge in [-0.2, -0.15) is 13.2 Å². The van der Waals surface area contributed by atoms with Crippen LogP contribution in [0.3, 0.4) is 0 Å². The van der Waals surface area contributed by atoms with Crippen molar-refractivity contribution in [3.05, 3.63) is 46.5 Å².